The van der Waals surface area contributed by atoms with Crippen LogP contribution in [0.2, 0.25) is 0 Å². The Morgan fingerprint density at radius 2 is 1.64 bits per heavy atom. The third-order valence-corrected chi connectivity index (χ3v) is 3.27. The van der Waals surface area contributed by atoms with Crippen molar-refractivity contribution in [3.8, 4) is 17.2 Å². The van der Waals surface area contributed by atoms with Crippen LogP contribution >= 0.6 is 0 Å². The lowest BCUT2D eigenvalue weighted by molar-refractivity contribution is -0.138. The molecule has 0 heterocycles. The third-order valence-electron chi connectivity index (χ3n) is 3.27. The Kier molecular flexibility index (Phi) is 5.11. The molecule has 0 unspecified atom stereocenters. The largest absolute Gasteiger partial charge is 0.462 e. The number of carbonyl (C=O) groups is 1. The minimum Gasteiger partial charge on any atom is -0.462 e. The number of ether oxygens (including phenoxy) is 1. The normalized spacial score (nSPS) is 9.82. The molecule has 0 bridgehead atoms. The van der Waals surface area contributed by atoms with Crippen LogP contribution in [0.25, 0.3) is 11.1 Å². The average molecular weight is 291 g/mol. The van der Waals surface area contributed by atoms with E-state index in [0.717, 1.165) is 16.7 Å². The average Bonchev–Trinajstić information content (AvgIpc) is 2.55. The smallest absolute Gasteiger partial charge is 0.333 e. The highest BCUT2D eigenvalue weighted by atomic mass is 16.5. The second kappa shape index (κ2) is 7.24. The van der Waals surface area contributed by atoms with Crippen molar-refractivity contribution in [2.45, 2.75) is 13.3 Å². The summed E-state index contributed by atoms with van der Waals surface area (Å²) in [5.41, 5.74) is 4.33. The van der Waals surface area contributed by atoms with E-state index in [9.17, 15) is 4.79 Å². The van der Waals surface area contributed by atoms with Crippen LogP contribution in [0.3, 0.4) is 0 Å². The molecule has 22 heavy (non-hydrogen) atoms. The summed E-state index contributed by atoms with van der Waals surface area (Å²) in [5, 5.41) is 8.80. The van der Waals surface area contributed by atoms with Crippen molar-refractivity contribution in [1.82, 2.24) is 0 Å². The van der Waals surface area contributed by atoms with Gasteiger partial charge in [-0.15, -0.1) is 0 Å². The third kappa shape index (κ3) is 4.07. The number of carbonyl (C=O) groups excluding carboxylic acids is 1. The van der Waals surface area contributed by atoms with E-state index >= 15 is 0 Å². The van der Waals surface area contributed by atoms with Crippen molar-refractivity contribution in [3.05, 3.63) is 71.8 Å². The van der Waals surface area contributed by atoms with E-state index in [1.165, 1.54) is 0 Å². The van der Waals surface area contributed by atoms with E-state index in [4.69, 9.17) is 10.00 Å². The van der Waals surface area contributed by atoms with Crippen LogP contribution in [-0.4, -0.2) is 12.6 Å². The van der Waals surface area contributed by atoms with Gasteiger partial charge < -0.3 is 4.74 Å². The fraction of sp³-hybridized carbons (Fsp3) is 0.158. The first-order chi connectivity index (χ1) is 10.6. The molecule has 0 fully saturated rings. The van der Waals surface area contributed by atoms with Gasteiger partial charge in [-0.3, -0.25) is 0 Å². The molecule has 2 aromatic rings. The summed E-state index contributed by atoms with van der Waals surface area (Å²) < 4.78 is 5.08. The highest BCUT2D eigenvalue weighted by Crippen LogP contribution is 2.20. The molecule has 110 valence electrons. The van der Waals surface area contributed by atoms with Gasteiger partial charge in [0.25, 0.3) is 0 Å². The lowest BCUT2D eigenvalue weighted by Crippen LogP contribution is -2.07. The molecule has 0 saturated carbocycles. The number of nitrogens with zero attached hydrogens (tertiary/aromatic N) is 1. The van der Waals surface area contributed by atoms with E-state index < -0.39 is 0 Å². The van der Waals surface area contributed by atoms with Crippen LogP contribution in [0.15, 0.2) is 60.7 Å². The van der Waals surface area contributed by atoms with E-state index in [1.807, 2.05) is 36.4 Å². The molecule has 3 nitrogen and oxygen atoms in total. The van der Waals surface area contributed by atoms with Crippen molar-refractivity contribution < 1.29 is 9.53 Å². The van der Waals surface area contributed by atoms with Gasteiger partial charge in [-0.2, -0.15) is 5.26 Å². The molecule has 0 spiro atoms. The molecule has 0 aliphatic rings. The SMILES string of the molecule is C=C(C)C(=O)OCCc1ccc(-c2ccc(C#N)cc2)cc1. The Bertz CT molecular complexity index is 707. The molecule has 0 aromatic heterocycles. The van der Waals surface area contributed by atoms with Gasteiger partial charge in [0.1, 0.15) is 0 Å². The van der Waals surface area contributed by atoms with Gasteiger partial charge in [0.15, 0.2) is 0 Å². The number of esters is 1. The Labute approximate surface area is 130 Å². The van der Waals surface area contributed by atoms with Crippen LogP contribution in [0.1, 0.15) is 18.1 Å². The molecule has 2 aromatic carbocycles. The van der Waals surface area contributed by atoms with Gasteiger partial charge in [0.05, 0.1) is 18.2 Å². The molecule has 0 radical (unpaired) electrons. The number of benzene rings is 2. The summed E-state index contributed by atoms with van der Waals surface area (Å²) in [5.74, 6) is -0.353. The summed E-state index contributed by atoms with van der Waals surface area (Å²) in [4.78, 5) is 11.3. The fourth-order valence-corrected chi connectivity index (χ4v) is 1.99. The lowest BCUT2D eigenvalue weighted by Gasteiger charge is -2.06. The minimum atomic E-state index is -0.353. The Morgan fingerprint density at radius 3 is 2.14 bits per heavy atom. The first kappa shape index (κ1) is 15.5. The fourth-order valence-electron chi connectivity index (χ4n) is 1.99. The molecule has 0 aliphatic heterocycles. The summed E-state index contributed by atoms with van der Waals surface area (Å²) in [7, 11) is 0. The molecule has 0 N–H and O–H groups in total. The molecule has 0 atom stereocenters. The monoisotopic (exact) mass is 291 g/mol. The van der Waals surface area contributed by atoms with Crippen LogP contribution in [0.4, 0.5) is 0 Å². The molecular weight excluding hydrogens is 274 g/mol. The van der Waals surface area contributed by atoms with Crippen molar-refractivity contribution in [2.24, 2.45) is 0 Å². The number of rotatable bonds is 5. The molecule has 0 amide bonds. The molecular formula is C19H17NO2. The van der Waals surface area contributed by atoms with E-state index in [-0.39, 0.29) is 5.97 Å². The molecule has 2 rings (SSSR count). The standard InChI is InChI=1S/C19H17NO2/c1-14(2)19(21)22-12-11-15-3-7-17(8-4-15)18-9-5-16(13-20)6-10-18/h3-10H,1,11-12H2,2H3. The zero-order valence-corrected chi connectivity index (χ0v) is 12.5. The molecule has 0 saturated heterocycles. The summed E-state index contributed by atoms with van der Waals surface area (Å²) in [6.45, 7) is 5.53. The number of nitriles is 1. The first-order valence-electron chi connectivity index (χ1n) is 7.02. The minimum absolute atomic E-state index is 0.349. The van der Waals surface area contributed by atoms with Crippen molar-refractivity contribution in [1.29, 1.82) is 5.26 Å². The van der Waals surface area contributed by atoms with Gasteiger partial charge >= 0.3 is 5.97 Å². The van der Waals surface area contributed by atoms with Crippen LogP contribution in [0.5, 0.6) is 0 Å². The Hall–Kier alpha value is -2.86. The second-order valence-corrected chi connectivity index (χ2v) is 5.05. The topological polar surface area (TPSA) is 50.1 Å². The zero-order valence-electron chi connectivity index (χ0n) is 12.5. The first-order valence-corrected chi connectivity index (χ1v) is 7.02. The van der Waals surface area contributed by atoms with E-state index in [1.54, 1.807) is 19.1 Å². The predicted molar refractivity (Wildman–Crippen MR) is 86.1 cm³/mol. The van der Waals surface area contributed by atoms with Gasteiger partial charge in [-0.05, 0) is 35.7 Å². The highest BCUT2D eigenvalue weighted by molar-refractivity contribution is 5.86. The maximum Gasteiger partial charge on any atom is 0.333 e. The van der Waals surface area contributed by atoms with E-state index in [0.29, 0.717) is 24.2 Å². The lowest BCUT2D eigenvalue weighted by atomic mass is 10.0. The van der Waals surface area contributed by atoms with E-state index in [2.05, 4.69) is 12.6 Å². The van der Waals surface area contributed by atoms with Gasteiger partial charge in [0.2, 0.25) is 0 Å². The summed E-state index contributed by atoms with van der Waals surface area (Å²) >= 11 is 0. The predicted octanol–water partition coefficient (Wildman–Crippen LogP) is 3.89. The second-order valence-electron chi connectivity index (χ2n) is 5.05. The highest BCUT2D eigenvalue weighted by Gasteiger charge is 2.03. The molecule has 3 heteroatoms. The van der Waals surface area contributed by atoms with Crippen LogP contribution in [0, 0.1) is 11.3 Å². The van der Waals surface area contributed by atoms with Crippen molar-refractivity contribution >= 4 is 5.97 Å². The summed E-state index contributed by atoms with van der Waals surface area (Å²) in [6, 6.07) is 17.7. The van der Waals surface area contributed by atoms with Crippen molar-refractivity contribution in [3.63, 3.8) is 0 Å². The number of hydrogen-bond donors (Lipinski definition) is 0. The van der Waals surface area contributed by atoms with Gasteiger partial charge in [-0.1, -0.05) is 43.0 Å². The van der Waals surface area contributed by atoms with Crippen LogP contribution in [-0.2, 0) is 16.0 Å². The van der Waals surface area contributed by atoms with Gasteiger partial charge in [-0.25, -0.2) is 4.79 Å². The molecule has 0 aliphatic carbocycles. The Morgan fingerprint density at radius 1 is 1.09 bits per heavy atom. The summed E-state index contributed by atoms with van der Waals surface area (Å²) in [6.07, 6.45) is 0.673. The zero-order chi connectivity index (χ0) is 15.9. The quantitative estimate of drug-likeness (QED) is 0.620. The van der Waals surface area contributed by atoms with Gasteiger partial charge in [0, 0.05) is 12.0 Å². The van der Waals surface area contributed by atoms with Crippen LogP contribution < -0.4 is 0 Å². The maximum atomic E-state index is 11.3. The number of hydrogen-bond acceptors (Lipinski definition) is 3. The maximum absolute atomic E-state index is 11.3. The van der Waals surface area contributed by atoms with Crippen molar-refractivity contribution in [2.75, 3.05) is 6.61 Å². The Balaban J connectivity index is 1.96.